The van der Waals surface area contributed by atoms with Gasteiger partial charge in [0.2, 0.25) is 23.6 Å². The lowest BCUT2D eigenvalue weighted by Crippen LogP contribution is -2.53. The van der Waals surface area contributed by atoms with Gasteiger partial charge in [0.1, 0.15) is 11.6 Å². The van der Waals surface area contributed by atoms with Gasteiger partial charge < -0.3 is 45.1 Å². The number of amides is 4. The second-order valence-electron chi connectivity index (χ2n) is 13.5. The Morgan fingerprint density at radius 3 is 2.09 bits per heavy atom. The van der Waals surface area contributed by atoms with Gasteiger partial charge in [0.05, 0.1) is 68.4 Å². The zero-order valence-electron chi connectivity index (χ0n) is 34.6. The average Bonchev–Trinajstić information content (AvgIpc) is 3.64. The van der Waals surface area contributed by atoms with Gasteiger partial charge in [-0.2, -0.15) is 0 Å². The SMILES string of the molecule is CCC.CCC[C@@H](C(CC(=O)N1CCCC1C(OC)C(C)C(=O)NCC(=O)c1ccc(OC)cc1F)OC)N(C)C(=O)CNC(=O)C(NC)C(C)C.CO. The zero-order valence-corrected chi connectivity index (χ0v) is 34.6. The quantitative estimate of drug-likeness (QED) is 0.144. The second kappa shape index (κ2) is 27.0. The highest BCUT2D eigenvalue weighted by atomic mass is 19.1. The molecule has 0 radical (unpaired) electrons. The topological polar surface area (TPSA) is 176 Å². The van der Waals surface area contributed by atoms with E-state index >= 15 is 0 Å². The number of likely N-dealkylation sites (N-methyl/N-ethyl adjacent to an activating group) is 2. The molecule has 1 aromatic carbocycles. The Morgan fingerprint density at radius 2 is 1.59 bits per heavy atom. The van der Waals surface area contributed by atoms with Gasteiger partial charge >= 0.3 is 0 Å². The van der Waals surface area contributed by atoms with Crippen LogP contribution in [0.3, 0.4) is 0 Å². The molecule has 4 amide bonds. The number of ether oxygens (including phenoxy) is 3. The molecule has 0 aliphatic carbocycles. The molecule has 1 saturated heterocycles. The smallest absolute Gasteiger partial charge is 0.242 e. The summed E-state index contributed by atoms with van der Waals surface area (Å²) >= 11 is 0. The van der Waals surface area contributed by atoms with E-state index in [9.17, 15) is 28.4 Å². The molecule has 15 heteroatoms. The lowest BCUT2D eigenvalue weighted by molar-refractivity contribution is -0.144. The largest absolute Gasteiger partial charge is 0.497 e. The van der Waals surface area contributed by atoms with E-state index < -0.39 is 60.3 Å². The summed E-state index contributed by atoms with van der Waals surface area (Å²) in [6, 6.07) is 2.61. The van der Waals surface area contributed by atoms with Crippen molar-refractivity contribution in [1.29, 1.82) is 0 Å². The lowest BCUT2D eigenvalue weighted by atomic mass is 9.94. The normalized spacial score (nSPS) is 16.4. The molecule has 0 bridgehead atoms. The van der Waals surface area contributed by atoms with E-state index in [-0.39, 0.29) is 47.9 Å². The van der Waals surface area contributed by atoms with Crippen LogP contribution in [-0.4, -0.2) is 137 Å². The summed E-state index contributed by atoms with van der Waals surface area (Å²) in [7, 11) is 8.72. The van der Waals surface area contributed by atoms with Crippen molar-refractivity contribution in [2.75, 3.05) is 62.2 Å². The van der Waals surface area contributed by atoms with Crippen LogP contribution in [0.4, 0.5) is 4.39 Å². The third-order valence-electron chi connectivity index (χ3n) is 9.33. The monoisotopic (exact) mass is 770 g/mol. The van der Waals surface area contributed by atoms with Gasteiger partial charge in [-0.3, -0.25) is 24.0 Å². The number of Topliss-reactive ketones (excluding diaryl/α,β-unsaturated/α-hetero) is 1. The number of hydrogen-bond donors (Lipinski definition) is 4. The molecule has 310 valence electrons. The second-order valence-corrected chi connectivity index (χ2v) is 13.5. The fraction of sp³-hybridized carbons (Fsp3) is 0.718. The maximum absolute atomic E-state index is 14.4. The maximum Gasteiger partial charge on any atom is 0.242 e. The Kier molecular flexibility index (Phi) is 25.2. The summed E-state index contributed by atoms with van der Waals surface area (Å²) in [6.07, 6.45) is 2.57. The summed E-state index contributed by atoms with van der Waals surface area (Å²) in [5.74, 6) is -2.99. The first-order valence-electron chi connectivity index (χ1n) is 18.8. The van der Waals surface area contributed by atoms with Gasteiger partial charge in [0, 0.05) is 41.0 Å². The van der Waals surface area contributed by atoms with Crippen LogP contribution >= 0.6 is 0 Å². The van der Waals surface area contributed by atoms with E-state index in [0.29, 0.717) is 25.8 Å². The van der Waals surface area contributed by atoms with Crippen LogP contribution in [0.1, 0.15) is 90.4 Å². The molecule has 0 aromatic heterocycles. The molecule has 1 heterocycles. The van der Waals surface area contributed by atoms with Gasteiger partial charge in [-0.25, -0.2) is 4.39 Å². The predicted molar refractivity (Wildman–Crippen MR) is 207 cm³/mol. The zero-order chi connectivity index (χ0) is 41.5. The Morgan fingerprint density at radius 1 is 0.981 bits per heavy atom. The van der Waals surface area contributed by atoms with Gasteiger partial charge in [0.15, 0.2) is 5.78 Å². The van der Waals surface area contributed by atoms with Crippen molar-refractivity contribution in [3.63, 3.8) is 0 Å². The highest BCUT2D eigenvalue weighted by molar-refractivity contribution is 5.99. The number of aliphatic hydroxyl groups is 1. The van der Waals surface area contributed by atoms with Crippen molar-refractivity contribution in [3.05, 3.63) is 29.6 Å². The molecule has 0 saturated carbocycles. The number of rotatable bonds is 20. The highest BCUT2D eigenvalue weighted by Gasteiger charge is 2.41. The predicted octanol–water partition coefficient (Wildman–Crippen LogP) is 3.19. The van der Waals surface area contributed by atoms with Crippen molar-refractivity contribution in [2.24, 2.45) is 11.8 Å². The number of ketones is 1. The van der Waals surface area contributed by atoms with Crippen LogP contribution < -0.4 is 20.7 Å². The Bertz CT molecular complexity index is 1300. The number of carbonyl (C=O) groups is 5. The van der Waals surface area contributed by atoms with Gasteiger partial charge in [0.25, 0.3) is 0 Å². The molecule has 1 aliphatic heterocycles. The molecule has 1 aromatic rings. The number of hydrogen-bond acceptors (Lipinski definition) is 10. The Hall–Kier alpha value is -3.66. The van der Waals surface area contributed by atoms with Gasteiger partial charge in [-0.15, -0.1) is 0 Å². The van der Waals surface area contributed by atoms with Gasteiger partial charge in [-0.05, 0) is 44.4 Å². The van der Waals surface area contributed by atoms with Crippen LogP contribution in [-0.2, 0) is 28.7 Å². The first-order chi connectivity index (χ1) is 25.7. The number of nitrogens with zero attached hydrogens (tertiary/aromatic N) is 2. The average molecular weight is 770 g/mol. The van der Waals surface area contributed by atoms with E-state index in [1.165, 1.54) is 39.9 Å². The summed E-state index contributed by atoms with van der Waals surface area (Å²) < 4.78 is 30.9. The number of nitrogens with one attached hydrogen (secondary N) is 3. The van der Waals surface area contributed by atoms with E-state index in [0.717, 1.165) is 19.6 Å². The number of carbonyl (C=O) groups excluding carboxylic acids is 5. The maximum atomic E-state index is 14.4. The van der Waals surface area contributed by atoms with E-state index in [4.69, 9.17) is 19.3 Å². The van der Waals surface area contributed by atoms with Crippen molar-refractivity contribution in [3.8, 4) is 5.75 Å². The van der Waals surface area contributed by atoms with E-state index in [2.05, 4.69) is 29.8 Å². The number of benzene rings is 1. The fourth-order valence-corrected chi connectivity index (χ4v) is 6.50. The number of likely N-dealkylation sites (tertiary alicyclic amines) is 1. The molecule has 1 aliphatic rings. The molecular formula is C39H68FN5O9. The molecule has 1 fully saturated rings. The third-order valence-corrected chi connectivity index (χ3v) is 9.33. The fourth-order valence-electron chi connectivity index (χ4n) is 6.50. The minimum Gasteiger partial charge on any atom is -0.497 e. The van der Waals surface area contributed by atoms with Crippen LogP contribution in [0.5, 0.6) is 5.75 Å². The summed E-state index contributed by atoms with van der Waals surface area (Å²) in [6.45, 7) is 11.6. The van der Waals surface area contributed by atoms with Crippen molar-refractivity contribution >= 4 is 29.4 Å². The van der Waals surface area contributed by atoms with E-state index in [1.54, 1.807) is 30.8 Å². The first-order valence-corrected chi connectivity index (χ1v) is 18.8. The molecule has 0 spiro atoms. The summed E-state index contributed by atoms with van der Waals surface area (Å²) in [5, 5.41) is 15.3. The minimum atomic E-state index is -0.747. The summed E-state index contributed by atoms with van der Waals surface area (Å²) in [4.78, 5) is 68.6. The molecular weight excluding hydrogens is 701 g/mol. The molecule has 5 unspecified atom stereocenters. The molecule has 4 N–H and O–H groups in total. The van der Waals surface area contributed by atoms with Crippen LogP contribution in [0.15, 0.2) is 18.2 Å². The summed E-state index contributed by atoms with van der Waals surface area (Å²) in [5.41, 5.74) is -0.163. The molecule has 6 atom stereocenters. The van der Waals surface area contributed by atoms with Crippen molar-refractivity contribution in [2.45, 2.75) is 110 Å². The minimum absolute atomic E-state index is 0.00420. The Balaban J connectivity index is 0.00000533. The first kappa shape index (κ1) is 50.3. The number of aliphatic hydroxyl groups excluding tert-OH is 1. The van der Waals surface area contributed by atoms with Crippen LogP contribution in [0, 0.1) is 17.7 Å². The Labute approximate surface area is 322 Å². The number of halogens is 1. The molecule has 2 rings (SSSR count). The molecule has 14 nitrogen and oxygen atoms in total. The van der Waals surface area contributed by atoms with Crippen molar-refractivity contribution < 1.29 is 47.7 Å². The van der Waals surface area contributed by atoms with Gasteiger partial charge in [-0.1, -0.05) is 54.4 Å². The third kappa shape index (κ3) is 15.2. The van der Waals surface area contributed by atoms with E-state index in [1.807, 2.05) is 20.8 Å². The van der Waals surface area contributed by atoms with Crippen LogP contribution in [0.25, 0.3) is 0 Å². The van der Waals surface area contributed by atoms with Crippen LogP contribution in [0.2, 0.25) is 0 Å². The highest BCUT2D eigenvalue weighted by Crippen LogP contribution is 2.28. The molecule has 54 heavy (non-hydrogen) atoms. The lowest BCUT2D eigenvalue weighted by Gasteiger charge is -2.37. The number of methoxy groups -OCH3 is 3. The standard InChI is InChI=1S/C35H56FN5O8.C3H8.CH4O/c1-10-12-26(40(6)31(44)20-39-35(46)32(37-5)21(2)3)29(48-8)18-30(43)41-16-11-13-27(41)33(49-9)22(4)34(45)38-19-28(42)24-15-14-23(47-7)17-25(24)36;1-3-2;1-2/h14-15,17,21-22,26-27,29,32-33,37H,10-13,16,18-20H2,1-9H3,(H,38,45)(H,39,46);3H2,1-2H3;2H,1H3/t22?,26-,27?,29?,32?,33?;;/m0../s1. The van der Waals surface area contributed by atoms with Crippen molar-refractivity contribution in [1.82, 2.24) is 25.8 Å².